The molecule has 0 spiro atoms. The Kier molecular flexibility index (Phi) is 5.08. The molecular weight excluding hydrogens is 277 g/mol. The summed E-state index contributed by atoms with van der Waals surface area (Å²) in [5, 5.41) is 2.71. The van der Waals surface area contributed by atoms with Gasteiger partial charge in [0.05, 0.1) is 18.4 Å². The van der Waals surface area contributed by atoms with E-state index in [4.69, 9.17) is 4.74 Å². The van der Waals surface area contributed by atoms with Crippen LogP contribution in [0.4, 0.5) is 9.18 Å². The van der Waals surface area contributed by atoms with Crippen molar-refractivity contribution in [1.29, 1.82) is 0 Å². The lowest BCUT2D eigenvalue weighted by Crippen LogP contribution is -2.49. The van der Waals surface area contributed by atoms with E-state index in [1.54, 1.807) is 11.8 Å². The number of amides is 2. The smallest absolute Gasteiger partial charge is 0.407 e. The first kappa shape index (κ1) is 15.2. The highest BCUT2D eigenvalue weighted by Gasteiger charge is 2.27. The molecule has 1 aliphatic heterocycles. The molecule has 0 radical (unpaired) electrons. The van der Waals surface area contributed by atoms with E-state index in [-0.39, 0.29) is 17.5 Å². The molecule has 1 aromatic heterocycles. The molecule has 2 heterocycles. The number of hydrogen-bond acceptors (Lipinski definition) is 4. The molecular formula is C14H18FN3O3. The van der Waals surface area contributed by atoms with E-state index >= 15 is 0 Å². The minimum absolute atomic E-state index is 0.00165. The van der Waals surface area contributed by atoms with Crippen molar-refractivity contribution in [3.63, 3.8) is 0 Å². The number of pyridine rings is 1. The van der Waals surface area contributed by atoms with Crippen LogP contribution < -0.4 is 5.32 Å². The molecule has 1 N–H and O–H groups in total. The van der Waals surface area contributed by atoms with Crippen molar-refractivity contribution in [1.82, 2.24) is 15.2 Å². The molecule has 21 heavy (non-hydrogen) atoms. The lowest BCUT2D eigenvalue weighted by atomic mass is 10.0. The molecule has 1 aromatic rings. The van der Waals surface area contributed by atoms with Gasteiger partial charge in [-0.25, -0.2) is 9.18 Å². The number of nitrogens with one attached hydrogen (secondary N) is 1. The van der Waals surface area contributed by atoms with Crippen LogP contribution in [0, 0.1) is 5.82 Å². The van der Waals surface area contributed by atoms with Gasteiger partial charge in [-0.05, 0) is 25.8 Å². The molecule has 1 atom stereocenters. The minimum atomic E-state index is -0.636. The number of piperidine rings is 1. The van der Waals surface area contributed by atoms with Gasteiger partial charge in [0, 0.05) is 25.3 Å². The van der Waals surface area contributed by atoms with Crippen LogP contribution in [0.25, 0.3) is 0 Å². The van der Waals surface area contributed by atoms with E-state index in [0.717, 1.165) is 19.0 Å². The second-order valence-corrected chi connectivity index (χ2v) is 4.81. The fourth-order valence-electron chi connectivity index (χ4n) is 2.34. The Labute approximate surface area is 122 Å². The van der Waals surface area contributed by atoms with Crippen LogP contribution in [0.5, 0.6) is 0 Å². The second-order valence-electron chi connectivity index (χ2n) is 4.81. The van der Waals surface area contributed by atoms with E-state index in [0.29, 0.717) is 19.7 Å². The fourth-order valence-corrected chi connectivity index (χ4v) is 2.34. The van der Waals surface area contributed by atoms with Crippen molar-refractivity contribution in [3.8, 4) is 0 Å². The number of halogens is 1. The van der Waals surface area contributed by atoms with Gasteiger partial charge in [0.1, 0.15) is 0 Å². The number of likely N-dealkylation sites (tertiary alicyclic amines) is 1. The average Bonchev–Trinajstić information content (AvgIpc) is 2.47. The van der Waals surface area contributed by atoms with Crippen molar-refractivity contribution < 1.29 is 18.7 Å². The van der Waals surface area contributed by atoms with Gasteiger partial charge in [0.25, 0.3) is 5.91 Å². The minimum Gasteiger partial charge on any atom is -0.450 e. The standard InChI is InChI=1S/C14H18FN3O3/c1-2-21-14(20)17-10-4-3-7-18(9-10)13(19)11-5-6-16-8-12(11)15/h5-6,8,10H,2-4,7,9H2,1H3,(H,17,20). The molecule has 0 aliphatic carbocycles. The molecule has 0 bridgehead atoms. The summed E-state index contributed by atoms with van der Waals surface area (Å²) < 4.78 is 18.4. The van der Waals surface area contributed by atoms with Gasteiger partial charge in [-0.3, -0.25) is 9.78 Å². The first-order valence-corrected chi connectivity index (χ1v) is 6.94. The molecule has 114 valence electrons. The summed E-state index contributed by atoms with van der Waals surface area (Å²) in [6.45, 7) is 2.91. The van der Waals surface area contributed by atoms with Crippen LogP contribution in [0.1, 0.15) is 30.1 Å². The first-order valence-electron chi connectivity index (χ1n) is 6.94. The van der Waals surface area contributed by atoms with Gasteiger partial charge in [-0.1, -0.05) is 0 Å². The number of carbonyl (C=O) groups is 2. The molecule has 1 fully saturated rings. The van der Waals surface area contributed by atoms with E-state index in [1.807, 2.05) is 0 Å². The third kappa shape index (κ3) is 3.90. The lowest BCUT2D eigenvalue weighted by Gasteiger charge is -2.33. The molecule has 0 saturated carbocycles. The van der Waals surface area contributed by atoms with E-state index < -0.39 is 11.9 Å². The average molecular weight is 295 g/mol. The molecule has 1 unspecified atom stereocenters. The van der Waals surface area contributed by atoms with Crippen molar-refractivity contribution in [3.05, 3.63) is 29.8 Å². The number of rotatable bonds is 3. The third-order valence-electron chi connectivity index (χ3n) is 3.31. The van der Waals surface area contributed by atoms with Crippen molar-refractivity contribution in [2.24, 2.45) is 0 Å². The zero-order valence-electron chi connectivity index (χ0n) is 11.8. The zero-order chi connectivity index (χ0) is 15.2. The summed E-state index contributed by atoms with van der Waals surface area (Å²) in [5.74, 6) is -1.02. The predicted octanol–water partition coefficient (Wildman–Crippen LogP) is 1.57. The Bertz CT molecular complexity index is 524. The van der Waals surface area contributed by atoms with Crippen LogP contribution in [0.3, 0.4) is 0 Å². The van der Waals surface area contributed by atoms with E-state index in [1.165, 1.54) is 12.3 Å². The number of nitrogens with zero attached hydrogens (tertiary/aromatic N) is 2. The highest BCUT2D eigenvalue weighted by atomic mass is 19.1. The van der Waals surface area contributed by atoms with Gasteiger partial charge in [0.15, 0.2) is 5.82 Å². The zero-order valence-corrected chi connectivity index (χ0v) is 11.8. The molecule has 2 rings (SSSR count). The molecule has 0 aromatic carbocycles. The van der Waals surface area contributed by atoms with Gasteiger partial charge in [-0.15, -0.1) is 0 Å². The summed E-state index contributed by atoms with van der Waals surface area (Å²) >= 11 is 0. The Hall–Kier alpha value is -2.18. The Balaban J connectivity index is 1.99. The quantitative estimate of drug-likeness (QED) is 0.919. The van der Waals surface area contributed by atoms with Gasteiger partial charge >= 0.3 is 6.09 Å². The summed E-state index contributed by atoms with van der Waals surface area (Å²) in [7, 11) is 0. The predicted molar refractivity (Wildman–Crippen MR) is 73.3 cm³/mol. The maximum Gasteiger partial charge on any atom is 0.407 e. The van der Waals surface area contributed by atoms with E-state index in [9.17, 15) is 14.0 Å². The Morgan fingerprint density at radius 3 is 3.10 bits per heavy atom. The van der Waals surface area contributed by atoms with Gasteiger partial charge in [0.2, 0.25) is 0 Å². The highest BCUT2D eigenvalue weighted by Crippen LogP contribution is 2.15. The largest absolute Gasteiger partial charge is 0.450 e. The maximum absolute atomic E-state index is 13.6. The van der Waals surface area contributed by atoms with Crippen LogP contribution in [-0.2, 0) is 4.74 Å². The fraction of sp³-hybridized carbons (Fsp3) is 0.500. The molecule has 1 saturated heterocycles. The third-order valence-corrected chi connectivity index (χ3v) is 3.31. The molecule has 1 aliphatic rings. The van der Waals surface area contributed by atoms with E-state index in [2.05, 4.69) is 10.3 Å². The van der Waals surface area contributed by atoms with Crippen LogP contribution in [0.2, 0.25) is 0 Å². The molecule has 6 nitrogen and oxygen atoms in total. The maximum atomic E-state index is 13.6. The van der Waals surface area contributed by atoms with Crippen LogP contribution in [0.15, 0.2) is 18.5 Å². The van der Waals surface area contributed by atoms with Gasteiger partial charge in [-0.2, -0.15) is 0 Å². The summed E-state index contributed by atoms with van der Waals surface area (Å²) in [5.41, 5.74) is 0.00165. The van der Waals surface area contributed by atoms with Crippen molar-refractivity contribution >= 4 is 12.0 Å². The number of hydrogen-bond donors (Lipinski definition) is 1. The number of ether oxygens (including phenoxy) is 1. The highest BCUT2D eigenvalue weighted by molar-refractivity contribution is 5.94. The molecule has 2 amide bonds. The summed E-state index contributed by atoms with van der Waals surface area (Å²) in [4.78, 5) is 28.9. The van der Waals surface area contributed by atoms with Crippen LogP contribution >= 0.6 is 0 Å². The second kappa shape index (κ2) is 7.01. The number of alkyl carbamates (subject to hydrolysis) is 1. The number of carbonyl (C=O) groups excluding carboxylic acids is 2. The Morgan fingerprint density at radius 1 is 1.57 bits per heavy atom. The van der Waals surface area contributed by atoms with Gasteiger partial charge < -0.3 is 15.0 Å². The lowest BCUT2D eigenvalue weighted by molar-refractivity contribution is 0.0681. The van der Waals surface area contributed by atoms with Crippen molar-refractivity contribution in [2.45, 2.75) is 25.8 Å². The summed E-state index contributed by atoms with van der Waals surface area (Å²) in [6.07, 6.45) is 3.42. The molecule has 7 heteroatoms. The first-order chi connectivity index (χ1) is 10.1. The SMILES string of the molecule is CCOC(=O)NC1CCCN(C(=O)c2ccncc2F)C1. The summed E-state index contributed by atoms with van der Waals surface area (Å²) in [6, 6.07) is 1.19. The Morgan fingerprint density at radius 2 is 2.38 bits per heavy atom. The normalized spacial score (nSPS) is 18.2. The monoisotopic (exact) mass is 295 g/mol. The van der Waals surface area contributed by atoms with Crippen LogP contribution in [-0.4, -0.2) is 47.6 Å². The van der Waals surface area contributed by atoms with Crippen molar-refractivity contribution in [2.75, 3.05) is 19.7 Å². The topological polar surface area (TPSA) is 71.5 Å². The number of aromatic nitrogens is 1.